The van der Waals surface area contributed by atoms with Gasteiger partial charge in [-0.15, -0.1) is 0 Å². The number of hydrogen-bond donors (Lipinski definition) is 0. The van der Waals surface area contributed by atoms with Gasteiger partial charge in [0.1, 0.15) is 0 Å². The third-order valence-electron chi connectivity index (χ3n) is 5.01. The molecule has 1 amide bonds. The van der Waals surface area contributed by atoms with Gasteiger partial charge < -0.3 is 9.80 Å². The Labute approximate surface area is 167 Å². The maximum Gasteiger partial charge on any atom is 0.269 e. The van der Waals surface area contributed by atoms with Gasteiger partial charge in [-0.05, 0) is 30.7 Å². The lowest BCUT2D eigenvalue weighted by molar-refractivity contribution is -0.133. The SMILES string of the molecule is C=C1C(=O)N(C(CCC)CPF)CCN1Cc1ccc(-c2ccccn2)cn1. The predicted molar refractivity (Wildman–Crippen MR) is 112 cm³/mol. The van der Waals surface area contributed by atoms with E-state index in [1.165, 1.54) is 0 Å². The highest BCUT2D eigenvalue weighted by molar-refractivity contribution is 7.31. The van der Waals surface area contributed by atoms with Crippen molar-refractivity contribution in [1.29, 1.82) is 0 Å². The summed E-state index contributed by atoms with van der Waals surface area (Å²) in [6.45, 7) is 7.87. The lowest BCUT2D eigenvalue weighted by atomic mass is 10.1. The van der Waals surface area contributed by atoms with Gasteiger partial charge in [0.25, 0.3) is 5.91 Å². The Morgan fingerprint density at radius 2 is 2.11 bits per heavy atom. The molecule has 0 aliphatic carbocycles. The van der Waals surface area contributed by atoms with Crippen LogP contribution in [-0.2, 0) is 11.3 Å². The summed E-state index contributed by atoms with van der Waals surface area (Å²) >= 11 is 0. The monoisotopic (exact) mass is 400 g/mol. The van der Waals surface area contributed by atoms with Crippen molar-refractivity contribution in [3.8, 4) is 11.3 Å². The van der Waals surface area contributed by atoms with Crippen LogP contribution in [0.4, 0.5) is 4.20 Å². The zero-order chi connectivity index (χ0) is 19.9. The largest absolute Gasteiger partial charge is 0.360 e. The van der Waals surface area contributed by atoms with E-state index in [-0.39, 0.29) is 11.9 Å². The number of piperazine rings is 1. The van der Waals surface area contributed by atoms with Gasteiger partial charge in [-0.25, -0.2) is 4.20 Å². The van der Waals surface area contributed by atoms with Gasteiger partial charge in [0, 0.05) is 43.3 Å². The number of amides is 1. The van der Waals surface area contributed by atoms with Gasteiger partial charge >= 0.3 is 0 Å². The van der Waals surface area contributed by atoms with Gasteiger partial charge in [-0.3, -0.25) is 14.8 Å². The Hall–Kier alpha value is -2.33. The maximum absolute atomic E-state index is 12.9. The highest BCUT2D eigenvalue weighted by Gasteiger charge is 2.32. The van der Waals surface area contributed by atoms with Crippen LogP contribution in [0.3, 0.4) is 0 Å². The van der Waals surface area contributed by atoms with E-state index >= 15 is 0 Å². The molecular weight excluding hydrogens is 374 g/mol. The lowest BCUT2D eigenvalue weighted by Gasteiger charge is -2.40. The van der Waals surface area contributed by atoms with E-state index in [1.54, 1.807) is 17.3 Å². The molecule has 2 atom stereocenters. The zero-order valence-corrected chi connectivity index (χ0v) is 17.1. The molecule has 0 radical (unpaired) electrons. The van der Waals surface area contributed by atoms with Crippen molar-refractivity contribution < 1.29 is 8.99 Å². The maximum atomic E-state index is 12.9. The van der Waals surface area contributed by atoms with Crippen LogP contribution in [0.25, 0.3) is 11.3 Å². The average molecular weight is 400 g/mol. The van der Waals surface area contributed by atoms with Crippen molar-refractivity contribution in [2.24, 2.45) is 0 Å². The smallest absolute Gasteiger partial charge is 0.269 e. The topological polar surface area (TPSA) is 49.3 Å². The molecular formula is C21H26FN4OP. The second-order valence-electron chi connectivity index (χ2n) is 6.90. The molecule has 0 aromatic carbocycles. The molecule has 7 heteroatoms. The fraction of sp³-hybridized carbons (Fsp3) is 0.381. The van der Waals surface area contributed by atoms with Crippen LogP contribution in [0.5, 0.6) is 0 Å². The first-order chi connectivity index (χ1) is 13.6. The van der Waals surface area contributed by atoms with Gasteiger partial charge in [0.05, 0.1) is 32.5 Å². The first kappa shape index (κ1) is 20.4. The summed E-state index contributed by atoms with van der Waals surface area (Å²) in [4.78, 5) is 25.4. The highest BCUT2D eigenvalue weighted by atomic mass is 31.1. The molecule has 1 fully saturated rings. The van der Waals surface area contributed by atoms with Crippen molar-refractivity contribution in [3.63, 3.8) is 0 Å². The zero-order valence-electron chi connectivity index (χ0n) is 16.1. The van der Waals surface area contributed by atoms with Crippen molar-refractivity contribution in [2.45, 2.75) is 32.4 Å². The van der Waals surface area contributed by atoms with Crippen LogP contribution >= 0.6 is 8.89 Å². The van der Waals surface area contributed by atoms with E-state index in [9.17, 15) is 8.99 Å². The summed E-state index contributed by atoms with van der Waals surface area (Å²) in [5.41, 5.74) is 3.17. The third kappa shape index (κ3) is 4.74. The normalized spacial score (nSPS) is 16.2. The number of pyridine rings is 2. The van der Waals surface area contributed by atoms with Crippen molar-refractivity contribution >= 4 is 14.8 Å². The average Bonchev–Trinajstić information content (AvgIpc) is 2.73. The minimum atomic E-state index is -0.640. The quantitative estimate of drug-likeness (QED) is 0.496. The van der Waals surface area contributed by atoms with Crippen LogP contribution in [0, 0.1) is 0 Å². The Balaban J connectivity index is 1.64. The second-order valence-corrected chi connectivity index (χ2v) is 7.58. The molecule has 148 valence electrons. The molecule has 0 spiro atoms. The summed E-state index contributed by atoms with van der Waals surface area (Å²) in [5.74, 6) is -0.0898. The molecule has 0 N–H and O–H groups in total. The minimum absolute atomic E-state index is 0.0319. The molecule has 3 rings (SSSR count). The van der Waals surface area contributed by atoms with Crippen LogP contribution in [0.2, 0.25) is 0 Å². The number of carbonyl (C=O) groups is 1. The first-order valence-corrected chi connectivity index (χ1v) is 10.7. The second kappa shape index (κ2) is 9.74. The molecule has 0 saturated carbocycles. The number of halogens is 1. The van der Waals surface area contributed by atoms with E-state index in [4.69, 9.17) is 0 Å². The Morgan fingerprint density at radius 1 is 1.25 bits per heavy atom. The molecule has 1 aliphatic heterocycles. The molecule has 3 heterocycles. The van der Waals surface area contributed by atoms with Crippen molar-refractivity contribution in [3.05, 3.63) is 60.7 Å². The number of rotatable bonds is 8. The minimum Gasteiger partial charge on any atom is -0.360 e. The summed E-state index contributed by atoms with van der Waals surface area (Å²) in [7, 11) is -0.640. The van der Waals surface area contributed by atoms with E-state index in [1.807, 2.05) is 35.2 Å². The predicted octanol–water partition coefficient (Wildman–Crippen LogP) is 4.03. The molecule has 1 aliphatic rings. The van der Waals surface area contributed by atoms with Gasteiger partial charge in [0.2, 0.25) is 0 Å². The van der Waals surface area contributed by atoms with Crippen molar-refractivity contribution in [2.75, 3.05) is 19.3 Å². The summed E-state index contributed by atoms with van der Waals surface area (Å²) < 4.78 is 12.9. The third-order valence-corrected chi connectivity index (χ3v) is 5.64. The summed E-state index contributed by atoms with van der Waals surface area (Å²) in [6.07, 6.45) is 5.74. The Morgan fingerprint density at radius 3 is 2.75 bits per heavy atom. The highest BCUT2D eigenvalue weighted by Crippen LogP contribution is 2.25. The van der Waals surface area contributed by atoms with E-state index in [0.717, 1.165) is 29.8 Å². The van der Waals surface area contributed by atoms with Crippen LogP contribution < -0.4 is 0 Å². The van der Waals surface area contributed by atoms with E-state index < -0.39 is 8.89 Å². The van der Waals surface area contributed by atoms with Gasteiger partial charge in [-0.2, -0.15) is 0 Å². The number of nitrogens with zero attached hydrogens (tertiary/aromatic N) is 4. The van der Waals surface area contributed by atoms with Crippen molar-refractivity contribution in [1.82, 2.24) is 19.8 Å². The molecule has 0 bridgehead atoms. The Kier molecular flexibility index (Phi) is 7.10. The molecule has 1 saturated heterocycles. The first-order valence-electron chi connectivity index (χ1n) is 9.58. The van der Waals surface area contributed by atoms with Crippen LogP contribution in [0.1, 0.15) is 25.5 Å². The molecule has 5 nitrogen and oxygen atoms in total. The Bertz CT molecular complexity index is 794. The fourth-order valence-electron chi connectivity index (χ4n) is 3.48. The lowest BCUT2D eigenvalue weighted by Crippen LogP contribution is -2.52. The number of aromatic nitrogens is 2. The fourth-order valence-corrected chi connectivity index (χ4v) is 4.08. The molecule has 2 unspecified atom stereocenters. The number of hydrogen-bond acceptors (Lipinski definition) is 4. The summed E-state index contributed by atoms with van der Waals surface area (Å²) in [6, 6.07) is 9.69. The summed E-state index contributed by atoms with van der Waals surface area (Å²) in [5, 5.41) is 0. The van der Waals surface area contributed by atoms with Gasteiger partial charge in [-0.1, -0.05) is 26.0 Å². The molecule has 28 heavy (non-hydrogen) atoms. The van der Waals surface area contributed by atoms with Crippen LogP contribution in [0.15, 0.2) is 55.0 Å². The van der Waals surface area contributed by atoms with Crippen LogP contribution in [-0.4, -0.2) is 51.0 Å². The van der Waals surface area contributed by atoms with E-state index in [2.05, 4.69) is 23.5 Å². The van der Waals surface area contributed by atoms with E-state index in [0.29, 0.717) is 31.5 Å². The molecule has 2 aromatic heterocycles. The van der Waals surface area contributed by atoms with Gasteiger partial charge in [0.15, 0.2) is 0 Å². The standard InChI is InChI=1S/C21H26FN4OP/c1-3-6-19(15-28-22)26-12-11-25(16(2)21(26)27)14-18-9-8-17(13-24-18)20-7-4-5-10-23-20/h4-5,7-10,13,19,28H,2-3,6,11-12,14-15H2,1H3. The number of carbonyl (C=O) groups excluding carboxylic acids is 1. The molecule has 2 aromatic rings.